The molecule has 1 aromatic carbocycles. The summed E-state index contributed by atoms with van der Waals surface area (Å²) in [5.41, 5.74) is 0.778. The minimum atomic E-state index is -1.17. The van der Waals surface area contributed by atoms with Crippen LogP contribution in [0.4, 0.5) is 4.79 Å². The van der Waals surface area contributed by atoms with Gasteiger partial charge in [-0.3, -0.25) is 9.59 Å². The van der Waals surface area contributed by atoms with Crippen LogP contribution in [0.2, 0.25) is 0 Å². The Morgan fingerprint density at radius 1 is 1.03 bits per heavy atom. The lowest BCUT2D eigenvalue weighted by molar-refractivity contribution is -0.199. The summed E-state index contributed by atoms with van der Waals surface area (Å²) in [7, 11) is 1.17. The lowest BCUT2D eigenvalue weighted by atomic mass is 10.1. The number of esters is 3. The summed E-state index contributed by atoms with van der Waals surface area (Å²) in [6, 6.07) is 7.85. The summed E-state index contributed by atoms with van der Waals surface area (Å²) < 4.78 is 31.1. The second kappa shape index (κ2) is 13.2. The number of carbonyl (C=O) groups excluding carboxylic acids is 4. The lowest BCUT2D eigenvalue weighted by Gasteiger charge is -2.31. The summed E-state index contributed by atoms with van der Waals surface area (Å²) in [6.45, 7) is 2.01. The zero-order valence-corrected chi connectivity index (χ0v) is 18.6. The van der Waals surface area contributed by atoms with E-state index < -0.39 is 48.5 Å². The predicted molar refractivity (Wildman–Crippen MR) is 112 cm³/mol. The van der Waals surface area contributed by atoms with Crippen molar-refractivity contribution >= 4 is 24.0 Å². The highest BCUT2D eigenvalue weighted by Crippen LogP contribution is 2.18. The number of ether oxygens (including phenoxy) is 6. The van der Waals surface area contributed by atoms with Crippen molar-refractivity contribution in [2.24, 2.45) is 0 Å². The van der Waals surface area contributed by atoms with Gasteiger partial charge < -0.3 is 33.7 Å². The van der Waals surface area contributed by atoms with E-state index in [4.69, 9.17) is 28.4 Å². The highest BCUT2D eigenvalue weighted by molar-refractivity contribution is 5.81. The number of benzene rings is 1. The van der Waals surface area contributed by atoms with Crippen LogP contribution in [0.5, 0.6) is 0 Å². The highest BCUT2D eigenvalue weighted by atomic mass is 16.7. The van der Waals surface area contributed by atoms with E-state index in [0.29, 0.717) is 0 Å². The van der Waals surface area contributed by atoms with E-state index in [0.717, 1.165) is 5.56 Å². The molecule has 0 aromatic heterocycles. The second-order valence-electron chi connectivity index (χ2n) is 6.92. The van der Waals surface area contributed by atoms with Gasteiger partial charge in [0.05, 0.1) is 13.7 Å². The highest BCUT2D eigenvalue weighted by Gasteiger charge is 2.32. The molecule has 33 heavy (non-hydrogen) atoms. The van der Waals surface area contributed by atoms with Crippen molar-refractivity contribution in [3.05, 3.63) is 48.0 Å². The van der Waals surface area contributed by atoms with Crippen molar-refractivity contribution < 1.29 is 47.6 Å². The van der Waals surface area contributed by atoms with Gasteiger partial charge in [-0.05, 0) is 17.7 Å². The Kier molecular flexibility index (Phi) is 10.3. The molecule has 2 rings (SSSR count). The van der Waals surface area contributed by atoms with Crippen LogP contribution in [0.3, 0.4) is 0 Å². The van der Waals surface area contributed by atoms with Crippen molar-refractivity contribution in [3.8, 4) is 0 Å². The minimum absolute atomic E-state index is 0.0191. The Morgan fingerprint density at radius 3 is 2.39 bits per heavy atom. The van der Waals surface area contributed by atoms with E-state index in [1.165, 1.54) is 33.1 Å². The van der Waals surface area contributed by atoms with Gasteiger partial charge in [0.2, 0.25) is 0 Å². The number of hydrogen-bond donors (Lipinski definition) is 1. The number of methoxy groups -OCH3 is 1. The van der Waals surface area contributed by atoms with Crippen LogP contribution < -0.4 is 5.32 Å². The second-order valence-corrected chi connectivity index (χ2v) is 6.92. The molecule has 11 nitrogen and oxygen atoms in total. The molecule has 0 saturated heterocycles. The molecule has 0 spiro atoms. The molecule has 1 unspecified atom stereocenters. The zero-order valence-electron chi connectivity index (χ0n) is 18.6. The molecule has 0 fully saturated rings. The molecule has 180 valence electrons. The molecule has 4 atom stereocenters. The third-order valence-electron chi connectivity index (χ3n) is 4.30. The first-order valence-corrected chi connectivity index (χ1v) is 10.1. The smallest absolute Gasteiger partial charge is 0.408 e. The van der Waals surface area contributed by atoms with E-state index in [9.17, 15) is 19.2 Å². The average molecular weight is 465 g/mol. The third-order valence-corrected chi connectivity index (χ3v) is 4.30. The molecule has 0 saturated carbocycles. The summed E-state index contributed by atoms with van der Waals surface area (Å²) in [4.78, 5) is 46.6. The van der Waals surface area contributed by atoms with Gasteiger partial charge in [0, 0.05) is 13.8 Å². The molecule has 1 aliphatic rings. The van der Waals surface area contributed by atoms with Gasteiger partial charge in [-0.2, -0.15) is 0 Å². The van der Waals surface area contributed by atoms with Gasteiger partial charge in [-0.25, -0.2) is 9.59 Å². The predicted octanol–water partition coefficient (Wildman–Crippen LogP) is 1.25. The Labute approximate surface area is 190 Å². The molecule has 1 amide bonds. The van der Waals surface area contributed by atoms with E-state index in [1.54, 1.807) is 24.3 Å². The lowest BCUT2D eigenvalue weighted by Crippen LogP contribution is -2.47. The van der Waals surface area contributed by atoms with Crippen molar-refractivity contribution in [1.82, 2.24) is 5.32 Å². The number of hydrogen-bond acceptors (Lipinski definition) is 10. The first-order valence-electron chi connectivity index (χ1n) is 10.1. The molecule has 1 aliphatic heterocycles. The van der Waals surface area contributed by atoms with Gasteiger partial charge in [-0.1, -0.05) is 30.3 Å². The molecular formula is C22H27NO10. The minimum Gasteiger partial charge on any atom is -0.467 e. The van der Waals surface area contributed by atoms with Crippen LogP contribution >= 0.6 is 0 Å². The van der Waals surface area contributed by atoms with Gasteiger partial charge in [0.1, 0.15) is 25.4 Å². The largest absolute Gasteiger partial charge is 0.467 e. The maximum absolute atomic E-state index is 12.1. The number of amides is 1. The molecular weight excluding hydrogens is 438 g/mol. The maximum Gasteiger partial charge on any atom is 0.408 e. The summed E-state index contributed by atoms with van der Waals surface area (Å²) >= 11 is 0. The Bertz CT molecular complexity index is 841. The topological polar surface area (TPSA) is 136 Å². The fourth-order valence-electron chi connectivity index (χ4n) is 2.76. The Balaban J connectivity index is 1.92. The monoisotopic (exact) mass is 465 g/mol. The third kappa shape index (κ3) is 9.29. The van der Waals surface area contributed by atoms with Gasteiger partial charge in [0.15, 0.2) is 12.3 Å². The fourth-order valence-corrected chi connectivity index (χ4v) is 2.76. The SMILES string of the molecule is COC(=O)[C@H](COC1C=C[C@H](OC(C)=O)[C@@H](COC(C)=O)O1)NC(=O)OCc1ccccc1. The summed E-state index contributed by atoms with van der Waals surface area (Å²) in [6.07, 6.45) is -0.414. The Morgan fingerprint density at radius 2 is 1.76 bits per heavy atom. The molecule has 0 aliphatic carbocycles. The van der Waals surface area contributed by atoms with Crippen LogP contribution in [0.15, 0.2) is 42.5 Å². The van der Waals surface area contributed by atoms with Crippen molar-refractivity contribution in [2.45, 2.75) is 45.0 Å². The molecule has 1 heterocycles. The maximum atomic E-state index is 12.1. The normalized spacial score (nSPS) is 20.3. The summed E-state index contributed by atoms with van der Waals surface area (Å²) in [5.74, 6) is -1.82. The standard InChI is InChI=1S/C22H27NO10/c1-14(24)29-13-19-18(32-15(2)25)9-10-20(33-19)30-12-17(21(26)28-3)23-22(27)31-11-16-7-5-4-6-8-16/h4-10,17-20H,11-13H2,1-3H3,(H,23,27)/t17-,18-,19+,20?/m0/s1. The van der Waals surface area contributed by atoms with Crippen LogP contribution in [-0.2, 0) is 49.4 Å². The summed E-state index contributed by atoms with van der Waals surface area (Å²) in [5, 5.41) is 2.38. The molecule has 0 bridgehead atoms. The molecule has 1 aromatic rings. The van der Waals surface area contributed by atoms with Gasteiger partial charge in [0.25, 0.3) is 0 Å². The average Bonchev–Trinajstić information content (AvgIpc) is 2.79. The number of carbonyl (C=O) groups is 4. The van der Waals surface area contributed by atoms with Gasteiger partial charge in [-0.15, -0.1) is 0 Å². The van der Waals surface area contributed by atoms with Crippen molar-refractivity contribution in [1.29, 1.82) is 0 Å². The molecule has 0 radical (unpaired) electrons. The van der Waals surface area contributed by atoms with Crippen LogP contribution in [0, 0.1) is 0 Å². The molecule has 1 N–H and O–H groups in total. The van der Waals surface area contributed by atoms with E-state index in [-0.39, 0.29) is 19.8 Å². The quantitative estimate of drug-likeness (QED) is 0.305. The van der Waals surface area contributed by atoms with Crippen molar-refractivity contribution in [3.63, 3.8) is 0 Å². The molecule has 11 heteroatoms. The first kappa shape index (κ1) is 25.8. The number of nitrogens with one attached hydrogen (secondary N) is 1. The van der Waals surface area contributed by atoms with E-state index >= 15 is 0 Å². The van der Waals surface area contributed by atoms with Crippen molar-refractivity contribution in [2.75, 3.05) is 20.3 Å². The fraction of sp³-hybridized carbons (Fsp3) is 0.455. The van der Waals surface area contributed by atoms with Gasteiger partial charge >= 0.3 is 24.0 Å². The Hall–Kier alpha value is -3.44. The van der Waals surface area contributed by atoms with Crippen LogP contribution in [-0.4, -0.2) is 68.9 Å². The number of alkyl carbamates (subject to hydrolysis) is 1. The van der Waals surface area contributed by atoms with E-state index in [1.807, 2.05) is 6.07 Å². The van der Waals surface area contributed by atoms with Crippen LogP contribution in [0.1, 0.15) is 19.4 Å². The first-order chi connectivity index (χ1) is 15.8. The zero-order chi connectivity index (χ0) is 24.2. The number of rotatable bonds is 10. The van der Waals surface area contributed by atoms with E-state index in [2.05, 4.69) is 5.32 Å². The van der Waals surface area contributed by atoms with Crippen LogP contribution in [0.25, 0.3) is 0 Å².